The summed E-state index contributed by atoms with van der Waals surface area (Å²) in [6.07, 6.45) is 3.84. The molecule has 1 aliphatic heterocycles. The van der Waals surface area contributed by atoms with Crippen molar-refractivity contribution in [1.82, 2.24) is 10.2 Å². The lowest BCUT2D eigenvalue weighted by Gasteiger charge is -2.35. The number of carbonyl (C=O) groups is 2. The van der Waals surface area contributed by atoms with Gasteiger partial charge < -0.3 is 15.3 Å². The predicted molar refractivity (Wildman–Crippen MR) is 88.7 cm³/mol. The van der Waals surface area contributed by atoms with Crippen LogP contribution in [-0.4, -0.2) is 41.0 Å². The number of likely N-dealkylation sites (tertiary alicyclic amines) is 1. The van der Waals surface area contributed by atoms with Crippen LogP contribution < -0.4 is 5.32 Å². The molecular formula is C18H26N2O3. The zero-order chi connectivity index (χ0) is 16.7. The van der Waals surface area contributed by atoms with Gasteiger partial charge in [0.1, 0.15) is 6.04 Å². The molecule has 2 rings (SSSR count). The maximum Gasteiger partial charge on any atom is 0.243 e. The highest BCUT2D eigenvalue weighted by molar-refractivity contribution is 5.88. The Morgan fingerprint density at radius 1 is 1.30 bits per heavy atom. The fourth-order valence-corrected chi connectivity index (χ4v) is 3.05. The first-order valence-corrected chi connectivity index (χ1v) is 8.43. The molecule has 2 amide bonds. The Morgan fingerprint density at radius 2 is 2.04 bits per heavy atom. The lowest BCUT2D eigenvalue weighted by molar-refractivity contribution is -0.142. The summed E-state index contributed by atoms with van der Waals surface area (Å²) in [6.45, 7) is 2.45. The molecule has 2 N–H and O–H groups in total. The van der Waals surface area contributed by atoms with E-state index in [-0.39, 0.29) is 18.4 Å². The monoisotopic (exact) mass is 318 g/mol. The lowest BCUT2D eigenvalue weighted by Crippen LogP contribution is -2.52. The van der Waals surface area contributed by atoms with E-state index in [1.165, 1.54) is 0 Å². The molecule has 0 radical (unpaired) electrons. The van der Waals surface area contributed by atoms with Gasteiger partial charge in [-0.15, -0.1) is 0 Å². The summed E-state index contributed by atoms with van der Waals surface area (Å²) in [5.41, 5.74) is 0.866. The number of rotatable bonds is 6. The molecule has 1 fully saturated rings. The summed E-state index contributed by atoms with van der Waals surface area (Å²) in [7, 11) is 0. The molecule has 1 aliphatic rings. The molecule has 1 aromatic carbocycles. The molecule has 1 heterocycles. The smallest absolute Gasteiger partial charge is 0.243 e. The fraction of sp³-hybridized carbons (Fsp3) is 0.556. The minimum Gasteiger partial charge on any atom is -0.394 e. The highest BCUT2D eigenvalue weighted by atomic mass is 16.3. The fourth-order valence-electron chi connectivity index (χ4n) is 3.05. The van der Waals surface area contributed by atoms with Crippen LogP contribution in [0.15, 0.2) is 30.3 Å². The summed E-state index contributed by atoms with van der Waals surface area (Å²) < 4.78 is 0. The van der Waals surface area contributed by atoms with E-state index in [1.807, 2.05) is 37.3 Å². The molecule has 1 unspecified atom stereocenters. The molecular weight excluding hydrogens is 292 g/mol. The maximum absolute atomic E-state index is 12.6. The third kappa shape index (κ3) is 4.55. The summed E-state index contributed by atoms with van der Waals surface area (Å²) in [6, 6.07) is 8.55. The third-order valence-electron chi connectivity index (χ3n) is 4.29. The number of benzene rings is 1. The van der Waals surface area contributed by atoms with Gasteiger partial charge in [-0.1, -0.05) is 37.3 Å². The second kappa shape index (κ2) is 8.67. The minimum atomic E-state index is -0.436. The largest absolute Gasteiger partial charge is 0.394 e. The van der Waals surface area contributed by atoms with E-state index < -0.39 is 12.1 Å². The van der Waals surface area contributed by atoms with Crippen LogP contribution in [0.5, 0.6) is 0 Å². The van der Waals surface area contributed by atoms with Gasteiger partial charge in [-0.3, -0.25) is 9.59 Å². The Kier molecular flexibility index (Phi) is 6.59. The molecule has 0 bridgehead atoms. The van der Waals surface area contributed by atoms with Crippen LogP contribution in [0.2, 0.25) is 0 Å². The van der Waals surface area contributed by atoms with Crippen molar-refractivity contribution >= 4 is 11.8 Å². The molecule has 0 saturated carbocycles. The SMILES string of the molecule is CCCC(=O)N1CCCCC1C(=O)N[C@H](CO)c1ccccc1. The van der Waals surface area contributed by atoms with E-state index in [0.717, 1.165) is 24.8 Å². The highest BCUT2D eigenvalue weighted by Crippen LogP contribution is 2.20. The van der Waals surface area contributed by atoms with Gasteiger partial charge in [-0.05, 0) is 31.2 Å². The van der Waals surface area contributed by atoms with Gasteiger partial charge in [0, 0.05) is 13.0 Å². The Balaban J connectivity index is 2.06. The van der Waals surface area contributed by atoms with Crippen molar-refractivity contribution in [3.63, 3.8) is 0 Å². The van der Waals surface area contributed by atoms with Gasteiger partial charge in [-0.2, -0.15) is 0 Å². The molecule has 0 aliphatic carbocycles. The van der Waals surface area contributed by atoms with Crippen molar-refractivity contribution in [3.05, 3.63) is 35.9 Å². The number of nitrogens with one attached hydrogen (secondary N) is 1. The minimum absolute atomic E-state index is 0.0487. The molecule has 2 atom stereocenters. The number of piperidine rings is 1. The zero-order valence-corrected chi connectivity index (χ0v) is 13.7. The average molecular weight is 318 g/mol. The Morgan fingerprint density at radius 3 is 2.70 bits per heavy atom. The van der Waals surface area contributed by atoms with Gasteiger partial charge in [-0.25, -0.2) is 0 Å². The zero-order valence-electron chi connectivity index (χ0n) is 13.7. The maximum atomic E-state index is 12.6. The third-order valence-corrected chi connectivity index (χ3v) is 4.29. The number of hydrogen-bond donors (Lipinski definition) is 2. The number of aliphatic hydroxyl groups is 1. The van der Waals surface area contributed by atoms with Crippen molar-refractivity contribution in [2.75, 3.05) is 13.2 Å². The van der Waals surface area contributed by atoms with E-state index in [4.69, 9.17) is 0 Å². The topological polar surface area (TPSA) is 69.6 Å². The van der Waals surface area contributed by atoms with Crippen LogP contribution in [0.1, 0.15) is 50.6 Å². The first-order chi connectivity index (χ1) is 11.2. The molecule has 0 aromatic heterocycles. The van der Waals surface area contributed by atoms with E-state index in [0.29, 0.717) is 19.4 Å². The number of hydrogen-bond acceptors (Lipinski definition) is 3. The van der Waals surface area contributed by atoms with Crippen LogP contribution in [0, 0.1) is 0 Å². The summed E-state index contributed by atoms with van der Waals surface area (Å²) >= 11 is 0. The van der Waals surface area contributed by atoms with Crippen molar-refractivity contribution in [2.24, 2.45) is 0 Å². The van der Waals surface area contributed by atoms with E-state index in [9.17, 15) is 14.7 Å². The van der Waals surface area contributed by atoms with Crippen LogP contribution in [0.3, 0.4) is 0 Å². The van der Waals surface area contributed by atoms with Crippen molar-refractivity contribution in [2.45, 2.75) is 51.1 Å². The van der Waals surface area contributed by atoms with Crippen LogP contribution in [0.25, 0.3) is 0 Å². The van der Waals surface area contributed by atoms with Gasteiger partial charge in [0.05, 0.1) is 12.6 Å². The van der Waals surface area contributed by atoms with Crippen molar-refractivity contribution in [3.8, 4) is 0 Å². The normalized spacial score (nSPS) is 19.2. The molecule has 126 valence electrons. The second-order valence-corrected chi connectivity index (χ2v) is 6.00. The second-order valence-electron chi connectivity index (χ2n) is 6.00. The first kappa shape index (κ1) is 17.5. The average Bonchev–Trinajstić information content (AvgIpc) is 2.60. The Hall–Kier alpha value is -1.88. The van der Waals surface area contributed by atoms with Crippen LogP contribution >= 0.6 is 0 Å². The molecule has 5 heteroatoms. The van der Waals surface area contributed by atoms with Gasteiger partial charge in [0.25, 0.3) is 0 Å². The number of aliphatic hydroxyl groups excluding tert-OH is 1. The van der Waals surface area contributed by atoms with E-state index in [1.54, 1.807) is 4.90 Å². The number of nitrogens with zero attached hydrogens (tertiary/aromatic N) is 1. The first-order valence-electron chi connectivity index (χ1n) is 8.43. The lowest BCUT2D eigenvalue weighted by atomic mass is 9.99. The Bertz CT molecular complexity index is 518. The highest BCUT2D eigenvalue weighted by Gasteiger charge is 2.32. The number of carbonyl (C=O) groups excluding carboxylic acids is 2. The van der Waals surface area contributed by atoms with Crippen molar-refractivity contribution in [1.29, 1.82) is 0 Å². The predicted octanol–water partition coefficient (Wildman–Crippen LogP) is 2.02. The van der Waals surface area contributed by atoms with Gasteiger partial charge in [0.2, 0.25) is 11.8 Å². The van der Waals surface area contributed by atoms with E-state index in [2.05, 4.69) is 5.32 Å². The molecule has 5 nitrogen and oxygen atoms in total. The van der Waals surface area contributed by atoms with Crippen LogP contribution in [0.4, 0.5) is 0 Å². The van der Waals surface area contributed by atoms with Crippen LogP contribution in [-0.2, 0) is 9.59 Å². The van der Waals surface area contributed by atoms with Gasteiger partial charge in [0.15, 0.2) is 0 Å². The van der Waals surface area contributed by atoms with E-state index >= 15 is 0 Å². The molecule has 1 aromatic rings. The molecule has 1 saturated heterocycles. The van der Waals surface area contributed by atoms with Crippen molar-refractivity contribution < 1.29 is 14.7 Å². The number of amides is 2. The molecule has 0 spiro atoms. The van der Waals surface area contributed by atoms with Gasteiger partial charge >= 0.3 is 0 Å². The quantitative estimate of drug-likeness (QED) is 0.843. The summed E-state index contributed by atoms with van der Waals surface area (Å²) in [5.74, 6) is -0.121. The summed E-state index contributed by atoms with van der Waals surface area (Å²) in [5, 5.41) is 12.5. The Labute approximate surface area is 137 Å². The standard InChI is InChI=1S/C18H26N2O3/c1-2-8-17(22)20-12-7-6-11-16(20)18(23)19-15(13-21)14-9-4-3-5-10-14/h3-5,9-10,15-16,21H,2,6-8,11-13H2,1H3,(H,19,23)/t15-,16?/m1/s1. The molecule has 23 heavy (non-hydrogen) atoms. The summed E-state index contributed by atoms with van der Waals surface area (Å²) in [4.78, 5) is 26.6.